The number of rotatable bonds is 4. The number of aryl methyl sites for hydroxylation is 1. The van der Waals surface area contributed by atoms with E-state index in [1.54, 1.807) is 0 Å². The predicted molar refractivity (Wildman–Crippen MR) is 97.8 cm³/mol. The summed E-state index contributed by atoms with van der Waals surface area (Å²) in [5, 5.41) is 4.93. The third-order valence-electron chi connectivity index (χ3n) is 4.88. The average molecular weight is 353 g/mol. The van der Waals surface area contributed by atoms with Gasteiger partial charge in [0.05, 0.1) is 12.1 Å². The molecule has 1 aliphatic heterocycles. The first-order chi connectivity index (χ1) is 12.7. The molecule has 0 radical (unpaired) electrons. The smallest absolute Gasteiger partial charge is 0.256 e. The van der Waals surface area contributed by atoms with Gasteiger partial charge < -0.3 is 14.4 Å². The molecule has 1 aromatic carbocycles. The molecule has 26 heavy (non-hydrogen) atoms. The van der Waals surface area contributed by atoms with E-state index in [4.69, 9.17) is 4.52 Å². The molecule has 1 N–H and O–H groups in total. The van der Waals surface area contributed by atoms with E-state index in [0.29, 0.717) is 19.0 Å². The van der Waals surface area contributed by atoms with Gasteiger partial charge >= 0.3 is 0 Å². The number of fused-ring (bicyclic) bond motifs is 1. The van der Waals surface area contributed by atoms with E-state index in [2.05, 4.69) is 20.0 Å². The van der Waals surface area contributed by atoms with Crippen molar-refractivity contribution >= 4 is 16.8 Å². The molecule has 1 saturated heterocycles. The molecule has 2 aromatic heterocycles. The molecule has 1 amide bonds. The first-order valence-electron chi connectivity index (χ1n) is 9.14. The van der Waals surface area contributed by atoms with Gasteiger partial charge in [0.2, 0.25) is 5.89 Å². The van der Waals surface area contributed by atoms with Gasteiger partial charge in [-0.2, -0.15) is 4.98 Å². The molecule has 0 aliphatic carbocycles. The molecule has 0 unspecified atom stereocenters. The Balaban J connectivity index is 1.42. The van der Waals surface area contributed by atoms with Crippen LogP contribution >= 0.6 is 0 Å². The molecule has 7 nitrogen and oxygen atoms in total. The number of amides is 1. The van der Waals surface area contributed by atoms with E-state index < -0.39 is 0 Å². The number of aromatic amines is 1. The monoisotopic (exact) mass is 353 g/mol. The zero-order chi connectivity index (χ0) is 17.9. The Morgan fingerprint density at radius 1 is 1.23 bits per heavy atom. The van der Waals surface area contributed by atoms with Gasteiger partial charge in [-0.05, 0) is 12.5 Å². The maximum atomic E-state index is 13.0. The average Bonchev–Trinajstić information content (AvgIpc) is 3.23. The number of carbonyl (C=O) groups is 1. The molecule has 136 valence electrons. The van der Waals surface area contributed by atoms with Crippen LogP contribution in [0.1, 0.15) is 35.4 Å². The maximum Gasteiger partial charge on any atom is 0.256 e. The SMILES string of the molecule is CCc1noc(CN2CCCN(C(=O)c3c[nH]c4ccccc34)CC2)n1. The summed E-state index contributed by atoms with van der Waals surface area (Å²) in [5.41, 5.74) is 1.74. The Morgan fingerprint density at radius 3 is 2.96 bits per heavy atom. The number of para-hydroxylation sites is 1. The fourth-order valence-corrected chi connectivity index (χ4v) is 3.44. The van der Waals surface area contributed by atoms with Crippen molar-refractivity contribution in [3.8, 4) is 0 Å². The van der Waals surface area contributed by atoms with E-state index in [1.807, 2.05) is 42.3 Å². The Bertz CT molecular complexity index is 900. The molecule has 3 aromatic rings. The number of H-pyrrole nitrogens is 1. The summed E-state index contributed by atoms with van der Waals surface area (Å²) in [6.07, 6.45) is 3.53. The van der Waals surface area contributed by atoms with Crippen LogP contribution in [0.5, 0.6) is 0 Å². The largest absolute Gasteiger partial charge is 0.360 e. The quantitative estimate of drug-likeness (QED) is 0.779. The summed E-state index contributed by atoms with van der Waals surface area (Å²) in [5.74, 6) is 1.49. The highest BCUT2D eigenvalue weighted by Gasteiger charge is 2.23. The highest BCUT2D eigenvalue weighted by molar-refractivity contribution is 6.06. The number of aromatic nitrogens is 3. The summed E-state index contributed by atoms with van der Waals surface area (Å²) in [7, 11) is 0. The van der Waals surface area contributed by atoms with Crippen LogP contribution in [-0.4, -0.2) is 57.0 Å². The lowest BCUT2D eigenvalue weighted by molar-refractivity contribution is 0.0762. The van der Waals surface area contributed by atoms with Gasteiger partial charge in [-0.25, -0.2) is 0 Å². The van der Waals surface area contributed by atoms with Gasteiger partial charge in [-0.3, -0.25) is 9.69 Å². The van der Waals surface area contributed by atoms with Crippen molar-refractivity contribution in [2.75, 3.05) is 26.2 Å². The van der Waals surface area contributed by atoms with E-state index in [9.17, 15) is 4.79 Å². The van der Waals surface area contributed by atoms with Gasteiger partial charge in [0, 0.05) is 49.7 Å². The second-order valence-electron chi connectivity index (χ2n) is 6.63. The van der Waals surface area contributed by atoms with Gasteiger partial charge in [0.1, 0.15) is 0 Å². The van der Waals surface area contributed by atoms with Crippen molar-refractivity contribution in [1.82, 2.24) is 24.9 Å². The Labute approximate surface area is 152 Å². The lowest BCUT2D eigenvalue weighted by Crippen LogP contribution is -2.35. The highest BCUT2D eigenvalue weighted by Crippen LogP contribution is 2.20. The number of benzene rings is 1. The van der Waals surface area contributed by atoms with Crippen LogP contribution in [-0.2, 0) is 13.0 Å². The zero-order valence-electron chi connectivity index (χ0n) is 14.9. The van der Waals surface area contributed by atoms with Crippen LogP contribution in [0.4, 0.5) is 0 Å². The minimum Gasteiger partial charge on any atom is -0.360 e. The van der Waals surface area contributed by atoms with Gasteiger partial charge in [-0.1, -0.05) is 30.3 Å². The number of carbonyl (C=O) groups excluding carboxylic acids is 1. The third kappa shape index (κ3) is 3.35. The Hall–Kier alpha value is -2.67. The summed E-state index contributed by atoms with van der Waals surface area (Å²) in [4.78, 5) is 24.8. The van der Waals surface area contributed by atoms with Crippen molar-refractivity contribution in [2.45, 2.75) is 26.3 Å². The Morgan fingerprint density at radius 2 is 2.12 bits per heavy atom. The minimum absolute atomic E-state index is 0.0929. The zero-order valence-corrected chi connectivity index (χ0v) is 14.9. The van der Waals surface area contributed by atoms with Crippen molar-refractivity contribution < 1.29 is 9.32 Å². The molecule has 0 spiro atoms. The van der Waals surface area contributed by atoms with Crippen molar-refractivity contribution in [3.05, 3.63) is 47.7 Å². The van der Waals surface area contributed by atoms with Gasteiger partial charge in [-0.15, -0.1) is 0 Å². The second-order valence-corrected chi connectivity index (χ2v) is 6.63. The summed E-state index contributed by atoms with van der Waals surface area (Å²) in [6, 6.07) is 7.92. The van der Waals surface area contributed by atoms with Crippen LogP contribution in [0.25, 0.3) is 10.9 Å². The molecule has 1 aliphatic rings. The Kier molecular flexibility index (Phi) is 4.71. The number of nitrogens with zero attached hydrogens (tertiary/aromatic N) is 4. The van der Waals surface area contributed by atoms with E-state index in [1.165, 1.54) is 0 Å². The van der Waals surface area contributed by atoms with Crippen LogP contribution < -0.4 is 0 Å². The lowest BCUT2D eigenvalue weighted by Gasteiger charge is -2.21. The van der Waals surface area contributed by atoms with E-state index in [-0.39, 0.29) is 5.91 Å². The molecule has 4 rings (SSSR count). The minimum atomic E-state index is 0.0929. The van der Waals surface area contributed by atoms with Gasteiger partial charge in [0.15, 0.2) is 5.82 Å². The van der Waals surface area contributed by atoms with Gasteiger partial charge in [0.25, 0.3) is 5.91 Å². The van der Waals surface area contributed by atoms with Crippen LogP contribution in [0, 0.1) is 0 Å². The molecule has 3 heterocycles. The molecule has 0 bridgehead atoms. The van der Waals surface area contributed by atoms with Crippen molar-refractivity contribution in [1.29, 1.82) is 0 Å². The summed E-state index contributed by atoms with van der Waals surface area (Å²) in [6.45, 7) is 5.84. The lowest BCUT2D eigenvalue weighted by atomic mass is 10.1. The summed E-state index contributed by atoms with van der Waals surface area (Å²) >= 11 is 0. The number of nitrogens with one attached hydrogen (secondary N) is 1. The third-order valence-corrected chi connectivity index (χ3v) is 4.88. The highest BCUT2D eigenvalue weighted by atomic mass is 16.5. The van der Waals surface area contributed by atoms with E-state index >= 15 is 0 Å². The molecular formula is C19H23N5O2. The molecule has 0 saturated carbocycles. The predicted octanol–water partition coefficient (Wildman–Crippen LogP) is 2.46. The van der Waals surface area contributed by atoms with Crippen molar-refractivity contribution in [2.24, 2.45) is 0 Å². The van der Waals surface area contributed by atoms with Crippen LogP contribution in [0.2, 0.25) is 0 Å². The molecular weight excluding hydrogens is 330 g/mol. The fourth-order valence-electron chi connectivity index (χ4n) is 3.44. The first kappa shape index (κ1) is 16.8. The topological polar surface area (TPSA) is 78.3 Å². The summed E-state index contributed by atoms with van der Waals surface area (Å²) < 4.78 is 5.29. The van der Waals surface area contributed by atoms with E-state index in [0.717, 1.165) is 54.8 Å². The van der Waals surface area contributed by atoms with Crippen LogP contribution in [0.3, 0.4) is 0 Å². The van der Waals surface area contributed by atoms with Crippen LogP contribution in [0.15, 0.2) is 35.0 Å². The molecule has 0 atom stereocenters. The first-order valence-corrected chi connectivity index (χ1v) is 9.14. The number of hydrogen-bond donors (Lipinski definition) is 1. The number of hydrogen-bond acceptors (Lipinski definition) is 5. The second kappa shape index (κ2) is 7.29. The standard InChI is InChI=1S/C19H23N5O2/c1-2-17-21-18(26-22-17)13-23-8-5-9-24(11-10-23)19(25)15-12-20-16-7-4-3-6-14(15)16/h3-4,6-7,12,20H,2,5,8-11,13H2,1H3. The normalized spacial score (nSPS) is 16.1. The fraction of sp³-hybridized carbons (Fsp3) is 0.421. The van der Waals surface area contributed by atoms with Crippen molar-refractivity contribution in [3.63, 3.8) is 0 Å². The molecule has 7 heteroatoms. The maximum absolute atomic E-state index is 13.0. The molecule has 1 fully saturated rings.